The van der Waals surface area contributed by atoms with E-state index in [1.54, 1.807) is 18.2 Å². The lowest BCUT2D eigenvalue weighted by Crippen LogP contribution is -2.41. The molecule has 0 atom stereocenters. The van der Waals surface area contributed by atoms with Crippen molar-refractivity contribution >= 4 is 17.7 Å². The van der Waals surface area contributed by atoms with Crippen LogP contribution in [0.5, 0.6) is 0 Å². The van der Waals surface area contributed by atoms with Crippen LogP contribution in [0, 0.1) is 31.4 Å². The predicted molar refractivity (Wildman–Crippen MR) is 174 cm³/mol. The molecule has 2 heterocycles. The zero-order chi connectivity index (χ0) is 31.1. The highest BCUT2D eigenvalue weighted by atomic mass is 19.1. The Balaban J connectivity index is 0.000000418. The lowest BCUT2D eigenvalue weighted by atomic mass is 9.92. The maximum Gasteiger partial charge on any atom is 0.253 e. The Morgan fingerprint density at radius 3 is 2.32 bits per heavy atom. The molecule has 0 radical (unpaired) electrons. The van der Waals surface area contributed by atoms with Crippen molar-refractivity contribution in [1.82, 2.24) is 4.90 Å². The van der Waals surface area contributed by atoms with Gasteiger partial charge in [-0.2, -0.15) is 0 Å². The van der Waals surface area contributed by atoms with Gasteiger partial charge in [-0.1, -0.05) is 55.1 Å². The van der Waals surface area contributed by atoms with Gasteiger partial charge in [0.2, 0.25) is 0 Å². The highest BCUT2D eigenvalue weighted by molar-refractivity contribution is 5.94. The standard InChI is InChI=1S/C31H32FN3O.C7H7F/c1-22-7-3-4-11-30(22)35(21-24-8-5-10-28(32)19-24)23(2)25-14-17-34(18-15-25)31(36)27-12-13-29-26(20-27)9-6-16-33-29;1-6-3-2-4-7(8)5-6/h3-5,7-13,19-20,25H,2,6,14-18,21H2,1H3;2-5H,1H3. The van der Waals surface area contributed by atoms with Gasteiger partial charge in [-0.05, 0) is 104 Å². The number of hydrogen-bond acceptors (Lipinski definition) is 3. The molecule has 0 bridgehead atoms. The number of para-hydroxylation sites is 1. The van der Waals surface area contributed by atoms with Crippen LogP contribution < -0.4 is 15.5 Å². The maximum absolute atomic E-state index is 13.9. The number of carbonyl (C=O) groups excluding carboxylic acids is 1. The van der Waals surface area contributed by atoms with Crippen LogP contribution in [-0.4, -0.2) is 30.4 Å². The number of fused-ring (bicyclic) bond motifs is 1. The summed E-state index contributed by atoms with van der Waals surface area (Å²) in [5, 5.41) is 2.03. The lowest BCUT2D eigenvalue weighted by Gasteiger charge is -2.38. The smallest absolute Gasteiger partial charge is 0.253 e. The van der Waals surface area contributed by atoms with E-state index in [4.69, 9.17) is 0 Å². The number of piperidine rings is 1. The molecule has 4 nitrogen and oxygen atoms in total. The molecule has 0 unspecified atom stereocenters. The topological polar surface area (TPSA) is 35.9 Å². The van der Waals surface area contributed by atoms with E-state index in [9.17, 15) is 13.6 Å². The highest BCUT2D eigenvalue weighted by Gasteiger charge is 2.28. The van der Waals surface area contributed by atoms with Gasteiger partial charge in [-0.25, -0.2) is 8.78 Å². The van der Waals surface area contributed by atoms with Crippen LogP contribution in [0.4, 0.5) is 14.5 Å². The molecule has 6 rings (SSSR count). The molecule has 226 valence electrons. The largest absolute Gasteiger partial charge is 0.341 e. The molecule has 44 heavy (non-hydrogen) atoms. The fourth-order valence-corrected chi connectivity index (χ4v) is 5.85. The van der Waals surface area contributed by atoms with E-state index in [1.807, 2.05) is 54.3 Å². The molecule has 0 aromatic heterocycles. The Hall–Kier alpha value is -4.58. The molecule has 6 heteroatoms. The van der Waals surface area contributed by atoms with Gasteiger partial charge < -0.3 is 9.80 Å². The Morgan fingerprint density at radius 2 is 1.64 bits per heavy atom. The number of aryl methyl sites for hydroxylation is 2. The fourth-order valence-electron chi connectivity index (χ4n) is 5.85. The maximum atomic E-state index is 13.9. The van der Waals surface area contributed by atoms with Crippen LogP contribution in [0.15, 0.2) is 108 Å². The summed E-state index contributed by atoms with van der Waals surface area (Å²) >= 11 is 0. The molecule has 1 fully saturated rings. The molecule has 0 saturated carbocycles. The predicted octanol–water partition coefficient (Wildman–Crippen LogP) is 7.14. The first kappa shape index (κ1) is 30.9. The zero-order valence-electron chi connectivity index (χ0n) is 25.5. The minimum absolute atomic E-state index is 0.0800. The van der Waals surface area contributed by atoms with Crippen molar-refractivity contribution in [3.8, 4) is 0 Å². The van der Waals surface area contributed by atoms with Gasteiger partial charge >= 0.3 is 0 Å². The van der Waals surface area contributed by atoms with Gasteiger partial charge in [0.15, 0.2) is 0 Å². The van der Waals surface area contributed by atoms with E-state index in [-0.39, 0.29) is 23.5 Å². The van der Waals surface area contributed by atoms with Crippen LogP contribution in [0.2, 0.25) is 0 Å². The minimum atomic E-state index is -0.233. The summed E-state index contributed by atoms with van der Waals surface area (Å²) in [6, 6.07) is 27.3. The third-order valence-corrected chi connectivity index (χ3v) is 8.27. The van der Waals surface area contributed by atoms with Crippen molar-refractivity contribution in [1.29, 1.82) is 0 Å². The SMILES string of the molecule is C=C(C1CCN(C(=O)c2ccc3c(c2)=CCCN=3)CC1)N(Cc1cccc(F)c1)c1ccccc1C.Cc1cccc(F)c1. The second-order valence-electron chi connectivity index (χ2n) is 11.5. The first-order valence-corrected chi connectivity index (χ1v) is 15.2. The van der Waals surface area contributed by atoms with Gasteiger partial charge in [0.05, 0.1) is 5.36 Å². The first-order valence-electron chi connectivity index (χ1n) is 15.2. The van der Waals surface area contributed by atoms with E-state index in [1.165, 1.54) is 18.2 Å². The Bertz CT molecular complexity index is 1740. The van der Waals surface area contributed by atoms with Crippen molar-refractivity contribution < 1.29 is 13.6 Å². The molecule has 0 spiro atoms. The molecule has 4 aromatic carbocycles. The Labute approximate surface area is 258 Å². The molecule has 4 aromatic rings. The number of nitrogens with zero attached hydrogens (tertiary/aromatic N) is 3. The molecule has 0 aliphatic carbocycles. The van der Waals surface area contributed by atoms with Crippen LogP contribution in [0.1, 0.15) is 46.3 Å². The summed E-state index contributed by atoms with van der Waals surface area (Å²) < 4.78 is 26.1. The second-order valence-corrected chi connectivity index (χ2v) is 11.5. The van der Waals surface area contributed by atoms with Crippen LogP contribution in [0.25, 0.3) is 6.08 Å². The quantitative estimate of drug-likeness (QED) is 0.239. The summed E-state index contributed by atoms with van der Waals surface area (Å²) in [5.41, 5.74) is 5.85. The number of hydrogen-bond donors (Lipinski definition) is 0. The molecule has 2 aliphatic heterocycles. The van der Waals surface area contributed by atoms with Gasteiger partial charge in [-0.15, -0.1) is 0 Å². The van der Waals surface area contributed by atoms with E-state index >= 15 is 0 Å². The average Bonchev–Trinajstić information content (AvgIpc) is 3.03. The molecule has 1 saturated heterocycles. The number of carbonyl (C=O) groups is 1. The number of benzene rings is 4. The summed E-state index contributed by atoms with van der Waals surface area (Å²) in [4.78, 5) is 21.9. The van der Waals surface area contributed by atoms with Gasteiger partial charge in [0.25, 0.3) is 5.91 Å². The Morgan fingerprint density at radius 1 is 0.909 bits per heavy atom. The second kappa shape index (κ2) is 14.3. The van der Waals surface area contributed by atoms with Crippen molar-refractivity contribution in [2.45, 2.75) is 39.7 Å². The van der Waals surface area contributed by atoms with Gasteiger partial charge in [0.1, 0.15) is 11.6 Å². The molecule has 0 N–H and O–H groups in total. The van der Waals surface area contributed by atoms with E-state index in [0.717, 1.165) is 70.0 Å². The monoisotopic (exact) mass is 591 g/mol. The van der Waals surface area contributed by atoms with Crippen molar-refractivity contribution in [3.05, 3.63) is 148 Å². The summed E-state index contributed by atoms with van der Waals surface area (Å²) in [5.74, 6) is -0.0673. The zero-order valence-corrected chi connectivity index (χ0v) is 25.5. The number of allylic oxidation sites excluding steroid dienone is 1. The Kier molecular flexibility index (Phi) is 10.0. The fraction of sp³-hybridized carbons (Fsp3) is 0.263. The van der Waals surface area contributed by atoms with Crippen molar-refractivity contribution in [2.24, 2.45) is 10.9 Å². The van der Waals surface area contributed by atoms with E-state index < -0.39 is 0 Å². The minimum Gasteiger partial charge on any atom is -0.341 e. The normalized spacial score (nSPS) is 14.3. The van der Waals surface area contributed by atoms with E-state index in [2.05, 4.69) is 41.6 Å². The molecular formula is C38H39F2N3O. The first-order chi connectivity index (χ1) is 21.3. The van der Waals surface area contributed by atoms with Crippen LogP contribution in [-0.2, 0) is 6.54 Å². The van der Waals surface area contributed by atoms with E-state index in [0.29, 0.717) is 19.6 Å². The number of rotatable bonds is 6. The molecule has 2 aliphatic rings. The number of amides is 1. The van der Waals surface area contributed by atoms with Gasteiger partial charge in [0, 0.05) is 49.0 Å². The van der Waals surface area contributed by atoms with Gasteiger partial charge in [-0.3, -0.25) is 9.79 Å². The highest BCUT2D eigenvalue weighted by Crippen LogP contribution is 2.33. The van der Waals surface area contributed by atoms with Crippen LogP contribution in [0.3, 0.4) is 0 Å². The molecular weight excluding hydrogens is 552 g/mol. The number of anilines is 1. The molecule has 1 amide bonds. The summed E-state index contributed by atoms with van der Waals surface area (Å²) in [6.45, 7) is 11.2. The third kappa shape index (κ3) is 7.67. The van der Waals surface area contributed by atoms with Crippen LogP contribution >= 0.6 is 0 Å². The summed E-state index contributed by atoms with van der Waals surface area (Å²) in [6.07, 6.45) is 4.78. The number of likely N-dealkylation sites (tertiary alicyclic amines) is 1. The van der Waals surface area contributed by atoms with Crippen molar-refractivity contribution in [3.63, 3.8) is 0 Å². The van der Waals surface area contributed by atoms with Crippen molar-refractivity contribution in [2.75, 3.05) is 24.5 Å². The third-order valence-electron chi connectivity index (χ3n) is 8.27. The summed E-state index contributed by atoms with van der Waals surface area (Å²) in [7, 11) is 0. The lowest BCUT2D eigenvalue weighted by molar-refractivity contribution is 0.0701. The number of halogens is 2. The average molecular weight is 592 g/mol.